The maximum Gasteiger partial charge on any atom is 0.236 e. The van der Waals surface area contributed by atoms with Crippen molar-refractivity contribution in [3.8, 4) is 0 Å². The van der Waals surface area contributed by atoms with Crippen LogP contribution in [0.5, 0.6) is 0 Å². The SMILES string of the molecule is O=S(=O)(I)c1c(F)cccc1F. The van der Waals surface area contributed by atoms with Gasteiger partial charge >= 0.3 is 0 Å². The number of rotatable bonds is 1. The Labute approximate surface area is 80.1 Å². The van der Waals surface area contributed by atoms with Crippen LogP contribution in [0.2, 0.25) is 0 Å². The van der Waals surface area contributed by atoms with Gasteiger partial charge in [-0.15, -0.1) is 0 Å². The first-order valence-corrected chi connectivity index (χ1v) is 6.84. The highest BCUT2D eigenvalue weighted by Crippen LogP contribution is 2.23. The van der Waals surface area contributed by atoms with Crippen molar-refractivity contribution >= 4 is 28.2 Å². The second-order valence-electron chi connectivity index (χ2n) is 1.99. The minimum atomic E-state index is -3.84. The molecule has 0 heterocycles. The van der Waals surface area contributed by atoms with Crippen LogP contribution in [0.3, 0.4) is 0 Å². The molecule has 6 heteroatoms. The largest absolute Gasteiger partial charge is 0.236 e. The lowest BCUT2D eigenvalue weighted by Gasteiger charge is -1.98. The van der Waals surface area contributed by atoms with Crippen LogP contribution in [0.4, 0.5) is 8.78 Å². The Balaban J connectivity index is 3.53. The van der Waals surface area contributed by atoms with E-state index in [0.29, 0.717) is 0 Å². The summed E-state index contributed by atoms with van der Waals surface area (Å²) in [5, 5.41) is 0. The molecule has 0 saturated heterocycles. The second kappa shape index (κ2) is 3.25. The Morgan fingerprint density at radius 3 is 1.83 bits per heavy atom. The highest BCUT2D eigenvalue weighted by molar-refractivity contribution is 14.2. The molecule has 0 saturated carbocycles. The van der Waals surface area contributed by atoms with E-state index < -0.39 is 23.5 Å². The van der Waals surface area contributed by atoms with Gasteiger partial charge in [0.1, 0.15) is 16.5 Å². The van der Waals surface area contributed by atoms with E-state index in [-0.39, 0.29) is 0 Å². The van der Waals surface area contributed by atoms with Crippen molar-refractivity contribution in [2.75, 3.05) is 0 Å². The third-order valence-electron chi connectivity index (χ3n) is 1.16. The van der Waals surface area contributed by atoms with Crippen LogP contribution in [0.15, 0.2) is 23.1 Å². The van der Waals surface area contributed by atoms with E-state index >= 15 is 0 Å². The zero-order chi connectivity index (χ0) is 9.35. The van der Waals surface area contributed by atoms with Crippen molar-refractivity contribution < 1.29 is 17.2 Å². The molecule has 0 amide bonds. The van der Waals surface area contributed by atoms with Gasteiger partial charge in [-0.3, -0.25) is 0 Å². The van der Waals surface area contributed by atoms with E-state index in [0.717, 1.165) is 39.4 Å². The molecular weight excluding hydrogens is 301 g/mol. The van der Waals surface area contributed by atoms with E-state index in [4.69, 9.17) is 0 Å². The van der Waals surface area contributed by atoms with Crippen LogP contribution >= 0.6 is 21.2 Å². The molecule has 12 heavy (non-hydrogen) atoms. The molecule has 0 bridgehead atoms. The van der Waals surface area contributed by atoms with Gasteiger partial charge in [-0.25, -0.2) is 17.2 Å². The number of hydrogen-bond donors (Lipinski definition) is 0. The summed E-state index contributed by atoms with van der Waals surface area (Å²) in [5.74, 6) is -2.13. The molecular formula is C6H3F2IO2S. The molecule has 0 aromatic heterocycles. The molecule has 0 aliphatic carbocycles. The van der Waals surface area contributed by atoms with Crippen molar-refractivity contribution in [1.82, 2.24) is 0 Å². The summed E-state index contributed by atoms with van der Waals surface area (Å²) in [4.78, 5) is -0.884. The minimum Gasteiger partial charge on any atom is -0.213 e. The topological polar surface area (TPSA) is 34.1 Å². The van der Waals surface area contributed by atoms with Gasteiger partial charge in [0.25, 0.3) is 0 Å². The summed E-state index contributed by atoms with van der Waals surface area (Å²) in [5.41, 5.74) is 0. The molecule has 0 fully saturated rings. The lowest BCUT2D eigenvalue weighted by Crippen LogP contribution is -1.98. The number of halogens is 3. The van der Waals surface area contributed by atoms with Crippen LogP contribution < -0.4 is 0 Å². The number of benzene rings is 1. The van der Waals surface area contributed by atoms with Crippen molar-refractivity contribution in [2.24, 2.45) is 0 Å². The highest BCUT2D eigenvalue weighted by Gasteiger charge is 2.19. The molecule has 0 spiro atoms. The van der Waals surface area contributed by atoms with Crippen molar-refractivity contribution in [2.45, 2.75) is 4.90 Å². The van der Waals surface area contributed by atoms with Crippen LogP contribution in [0.1, 0.15) is 0 Å². The minimum absolute atomic E-state index is 0.884. The Kier molecular flexibility index (Phi) is 2.67. The van der Waals surface area contributed by atoms with Crippen LogP contribution in [-0.2, 0) is 7.01 Å². The second-order valence-corrected chi connectivity index (χ2v) is 6.75. The number of hydrogen-bond acceptors (Lipinski definition) is 2. The van der Waals surface area contributed by atoms with Gasteiger partial charge in [0, 0.05) is 0 Å². The summed E-state index contributed by atoms with van der Waals surface area (Å²) in [6, 6.07) is 2.90. The predicted molar refractivity (Wildman–Crippen MR) is 47.6 cm³/mol. The Morgan fingerprint density at radius 1 is 1.17 bits per heavy atom. The molecule has 0 N–H and O–H groups in total. The summed E-state index contributed by atoms with van der Waals surface area (Å²) in [7, 11) is -3.84. The Morgan fingerprint density at radius 2 is 1.58 bits per heavy atom. The molecule has 1 rings (SSSR count). The van der Waals surface area contributed by atoms with Crippen LogP contribution in [0.25, 0.3) is 0 Å². The average Bonchev–Trinajstić information content (AvgIpc) is 1.82. The normalized spacial score (nSPS) is 11.6. The zero-order valence-electron chi connectivity index (χ0n) is 5.59. The fourth-order valence-corrected chi connectivity index (χ4v) is 2.58. The third-order valence-corrected chi connectivity index (χ3v) is 3.36. The first kappa shape index (κ1) is 9.85. The molecule has 0 radical (unpaired) electrons. The zero-order valence-corrected chi connectivity index (χ0v) is 8.56. The smallest absolute Gasteiger partial charge is 0.213 e. The van der Waals surface area contributed by atoms with Gasteiger partial charge in [0.05, 0.1) is 21.2 Å². The molecule has 66 valence electrons. The van der Waals surface area contributed by atoms with E-state index in [1.165, 1.54) is 0 Å². The van der Waals surface area contributed by atoms with Gasteiger partial charge in [-0.05, 0) is 12.1 Å². The third kappa shape index (κ3) is 1.92. The highest BCUT2D eigenvalue weighted by atomic mass is 127. The fourth-order valence-electron chi connectivity index (χ4n) is 0.715. The molecule has 1 aromatic carbocycles. The van der Waals surface area contributed by atoms with Gasteiger partial charge < -0.3 is 0 Å². The first-order chi connectivity index (χ1) is 5.43. The Hall–Kier alpha value is -0.240. The Bertz CT molecular complexity index is 382. The van der Waals surface area contributed by atoms with Crippen molar-refractivity contribution in [1.29, 1.82) is 0 Å². The average molecular weight is 304 g/mol. The first-order valence-electron chi connectivity index (χ1n) is 2.81. The molecule has 1 aromatic rings. The lowest BCUT2D eigenvalue weighted by atomic mass is 10.3. The lowest BCUT2D eigenvalue weighted by molar-refractivity contribution is 0.525. The molecule has 0 aliphatic rings. The predicted octanol–water partition coefficient (Wildman–Crippen LogP) is 2.09. The van der Waals surface area contributed by atoms with Gasteiger partial charge in [-0.1, -0.05) is 6.07 Å². The van der Waals surface area contributed by atoms with E-state index in [9.17, 15) is 17.2 Å². The van der Waals surface area contributed by atoms with E-state index in [2.05, 4.69) is 0 Å². The van der Waals surface area contributed by atoms with Crippen molar-refractivity contribution in [3.63, 3.8) is 0 Å². The molecule has 2 nitrogen and oxygen atoms in total. The van der Waals surface area contributed by atoms with Gasteiger partial charge in [0.2, 0.25) is 7.01 Å². The van der Waals surface area contributed by atoms with Gasteiger partial charge in [-0.2, -0.15) is 0 Å². The van der Waals surface area contributed by atoms with Crippen LogP contribution in [0, 0.1) is 11.6 Å². The fraction of sp³-hybridized carbons (Fsp3) is 0. The van der Waals surface area contributed by atoms with E-state index in [1.54, 1.807) is 0 Å². The van der Waals surface area contributed by atoms with Crippen molar-refractivity contribution in [3.05, 3.63) is 29.8 Å². The monoisotopic (exact) mass is 304 g/mol. The summed E-state index contributed by atoms with van der Waals surface area (Å²) >= 11 is 0.986. The van der Waals surface area contributed by atoms with Gasteiger partial charge in [0.15, 0.2) is 0 Å². The molecule has 0 unspecified atom stereocenters. The van der Waals surface area contributed by atoms with Crippen LogP contribution in [-0.4, -0.2) is 8.42 Å². The quantitative estimate of drug-likeness (QED) is 0.588. The maximum absolute atomic E-state index is 12.7. The summed E-state index contributed by atoms with van der Waals surface area (Å²) in [6.07, 6.45) is 0. The van der Waals surface area contributed by atoms with E-state index in [1.807, 2.05) is 0 Å². The molecule has 0 aliphatic heterocycles. The standard InChI is InChI=1S/C6H3F2IO2S/c7-4-2-1-3-5(8)6(4)12(9,10)11/h1-3H. The molecule has 0 atom stereocenters. The summed E-state index contributed by atoms with van der Waals surface area (Å²) in [6.45, 7) is 0. The maximum atomic E-state index is 12.7. The summed E-state index contributed by atoms with van der Waals surface area (Å²) < 4.78 is 47.0.